The monoisotopic (exact) mass is 128 g/mol. The molecular formula is C7H12O2. The molecule has 2 nitrogen and oxygen atoms in total. The van der Waals surface area contributed by atoms with E-state index in [9.17, 15) is 4.79 Å². The van der Waals surface area contributed by atoms with Gasteiger partial charge in [0.2, 0.25) is 0 Å². The zero-order valence-electron chi connectivity index (χ0n) is 6.06. The van der Waals surface area contributed by atoms with Crippen LogP contribution >= 0.6 is 0 Å². The summed E-state index contributed by atoms with van der Waals surface area (Å²) in [5, 5.41) is 8.37. The summed E-state index contributed by atoms with van der Waals surface area (Å²) in [5.41, 5.74) is 1.63. The van der Waals surface area contributed by atoms with Crippen molar-refractivity contribution in [2.24, 2.45) is 0 Å². The first-order valence-corrected chi connectivity index (χ1v) is 2.87. The second-order valence-electron chi connectivity index (χ2n) is 2.21. The van der Waals surface area contributed by atoms with Crippen LogP contribution in [0.2, 0.25) is 0 Å². The van der Waals surface area contributed by atoms with Gasteiger partial charge >= 0.3 is 0 Å². The smallest absolute Gasteiger partial charge is 0.183 e. The molecule has 0 aliphatic rings. The maximum Gasteiger partial charge on any atom is 0.183 e. The largest absolute Gasteiger partial charge is 0.388 e. The first-order chi connectivity index (χ1) is 4.09. The van der Waals surface area contributed by atoms with Crippen LogP contribution in [-0.4, -0.2) is 17.5 Å². The molecule has 0 amide bonds. The fourth-order valence-electron chi connectivity index (χ4n) is 0.397. The van der Waals surface area contributed by atoms with Gasteiger partial charge in [-0.2, -0.15) is 0 Å². The third-order valence-corrected chi connectivity index (χ3v) is 1.31. The van der Waals surface area contributed by atoms with Gasteiger partial charge in [-0.15, -0.1) is 0 Å². The van der Waals surface area contributed by atoms with Crippen LogP contribution in [0.4, 0.5) is 0 Å². The van der Waals surface area contributed by atoms with Crippen molar-refractivity contribution in [3.8, 4) is 0 Å². The lowest BCUT2D eigenvalue weighted by Crippen LogP contribution is -2.05. The van der Waals surface area contributed by atoms with E-state index in [1.165, 1.54) is 0 Å². The highest BCUT2D eigenvalue weighted by Gasteiger charge is 2.01. The predicted molar refractivity (Wildman–Crippen MR) is 36.1 cm³/mol. The summed E-state index contributed by atoms with van der Waals surface area (Å²) in [6, 6.07) is 0. The molecule has 0 spiro atoms. The fraction of sp³-hybridized carbons (Fsp3) is 0.571. The van der Waals surface area contributed by atoms with E-state index >= 15 is 0 Å². The van der Waals surface area contributed by atoms with Crippen molar-refractivity contribution in [2.45, 2.75) is 20.8 Å². The topological polar surface area (TPSA) is 37.3 Å². The highest BCUT2D eigenvalue weighted by atomic mass is 16.3. The molecule has 52 valence electrons. The molecular weight excluding hydrogens is 116 g/mol. The van der Waals surface area contributed by atoms with E-state index < -0.39 is 0 Å². The molecule has 0 aromatic carbocycles. The van der Waals surface area contributed by atoms with Gasteiger partial charge in [0, 0.05) is 0 Å². The summed E-state index contributed by atoms with van der Waals surface area (Å²) in [6.07, 6.45) is 0. The zero-order valence-corrected chi connectivity index (χ0v) is 6.06. The number of carbonyl (C=O) groups excluding carboxylic acids is 1. The molecule has 0 aromatic rings. The van der Waals surface area contributed by atoms with Gasteiger partial charge < -0.3 is 5.11 Å². The minimum absolute atomic E-state index is 0.185. The molecule has 9 heavy (non-hydrogen) atoms. The number of hydrogen-bond donors (Lipinski definition) is 1. The Labute approximate surface area is 55.2 Å². The SMILES string of the molecule is CC(C)=C(C)C(=O)CO. The van der Waals surface area contributed by atoms with Crippen LogP contribution in [0.1, 0.15) is 20.8 Å². The molecule has 0 aliphatic heterocycles. The first-order valence-electron chi connectivity index (χ1n) is 2.87. The van der Waals surface area contributed by atoms with Gasteiger partial charge in [0.15, 0.2) is 5.78 Å². The van der Waals surface area contributed by atoms with Crippen LogP contribution in [0.5, 0.6) is 0 Å². The minimum atomic E-state index is -0.378. The Morgan fingerprint density at radius 1 is 1.33 bits per heavy atom. The van der Waals surface area contributed by atoms with Crippen LogP contribution in [0.15, 0.2) is 11.1 Å². The van der Waals surface area contributed by atoms with Crippen molar-refractivity contribution in [1.29, 1.82) is 0 Å². The fourth-order valence-corrected chi connectivity index (χ4v) is 0.397. The van der Waals surface area contributed by atoms with Crippen molar-refractivity contribution in [1.82, 2.24) is 0 Å². The van der Waals surface area contributed by atoms with Crippen LogP contribution in [-0.2, 0) is 4.79 Å². The van der Waals surface area contributed by atoms with E-state index in [1.54, 1.807) is 6.92 Å². The van der Waals surface area contributed by atoms with Crippen molar-refractivity contribution >= 4 is 5.78 Å². The summed E-state index contributed by atoms with van der Waals surface area (Å²) < 4.78 is 0. The molecule has 0 heterocycles. The lowest BCUT2D eigenvalue weighted by atomic mass is 10.1. The molecule has 0 saturated heterocycles. The van der Waals surface area contributed by atoms with Gasteiger partial charge in [0.25, 0.3) is 0 Å². The summed E-state index contributed by atoms with van der Waals surface area (Å²) in [5.74, 6) is -0.185. The number of aliphatic hydroxyl groups excluding tert-OH is 1. The summed E-state index contributed by atoms with van der Waals surface area (Å²) in [6.45, 7) is 5.04. The van der Waals surface area contributed by atoms with Gasteiger partial charge in [-0.05, 0) is 26.3 Å². The van der Waals surface area contributed by atoms with Gasteiger partial charge in [-0.25, -0.2) is 0 Å². The summed E-state index contributed by atoms with van der Waals surface area (Å²) in [4.78, 5) is 10.6. The maximum atomic E-state index is 10.6. The van der Waals surface area contributed by atoms with Crippen LogP contribution in [0.25, 0.3) is 0 Å². The number of Topliss-reactive ketones (excluding diaryl/α,β-unsaturated/α-hetero) is 1. The molecule has 0 saturated carbocycles. The third-order valence-electron chi connectivity index (χ3n) is 1.31. The molecule has 0 unspecified atom stereocenters. The van der Waals surface area contributed by atoms with Gasteiger partial charge in [-0.3, -0.25) is 4.79 Å². The average molecular weight is 128 g/mol. The Hall–Kier alpha value is -0.630. The normalized spacial score (nSPS) is 8.89. The van der Waals surface area contributed by atoms with E-state index in [-0.39, 0.29) is 12.4 Å². The standard InChI is InChI=1S/C7H12O2/c1-5(2)6(3)7(9)4-8/h8H,4H2,1-3H3. The van der Waals surface area contributed by atoms with Gasteiger partial charge in [-0.1, -0.05) is 5.57 Å². The minimum Gasteiger partial charge on any atom is -0.388 e. The van der Waals surface area contributed by atoms with Gasteiger partial charge in [0.05, 0.1) is 0 Å². The number of ketones is 1. The van der Waals surface area contributed by atoms with Crippen LogP contribution < -0.4 is 0 Å². The number of carbonyl (C=O) groups is 1. The Bertz CT molecular complexity index is 141. The molecule has 0 atom stereocenters. The van der Waals surface area contributed by atoms with E-state index in [4.69, 9.17) is 5.11 Å². The molecule has 0 aliphatic carbocycles. The van der Waals surface area contributed by atoms with Crippen LogP contribution in [0, 0.1) is 0 Å². The van der Waals surface area contributed by atoms with Gasteiger partial charge in [0.1, 0.15) is 6.61 Å². The van der Waals surface area contributed by atoms with Crippen molar-refractivity contribution in [3.05, 3.63) is 11.1 Å². The first kappa shape index (κ1) is 8.37. The summed E-state index contributed by atoms with van der Waals surface area (Å²) >= 11 is 0. The molecule has 1 N–H and O–H groups in total. The van der Waals surface area contributed by atoms with E-state index in [1.807, 2.05) is 13.8 Å². The van der Waals surface area contributed by atoms with Crippen molar-refractivity contribution in [2.75, 3.05) is 6.61 Å². The Morgan fingerprint density at radius 2 is 1.78 bits per heavy atom. The molecule has 0 radical (unpaired) electrons. The highest BCUT2D eigenvalue weighted by Crippen LogP contribution is 2.01. The van der Waals surface area contributed by atoms with E-state index in [0.29, 0.717) is 5.57 Å². The van der Waals surface area contributed by atoms with Crippen molar-refractivity contribution in [3.63, 3.8) is 0 Å². The molecule has 0 fully saturated rings. The maximum absolute atomic E-state index is 10.6. The number of allylic oxidation sites excluding steroid dienone is 1. The highest BCUT2D eigenvalue weighted by molar-refractivity contribution is 5.96. The van der Waals surface area contributed by atoms with Crippen LogP contribution in [0.3, 0.4) is 0 Å². The molecule has 0 bridgehead atoms. The molecule has 0 aromatic heterocycles. The second kappa shape index (κ2) is 3.41. The van der Waals surface area contributed by atoms with Crippen molar-refractivity contribution < 1.29 is 9.90 Å². The Balaban J connectivity index is 4.21. The summed E-state index contributed by atoms with van der Waals surface area (Å²) in [7, 11) is 0. The molecule has 2 heteroatoms. The number of hydrogen-bond acceptors (Lipinski definition) is 2. The Kier molecular flexibility index (Phi) is 3.17. The predicted octanol–water partition coefficient (Wildman–Crippen LogP) is 0.904. The lowest BCUT2D eigenvalue weighted by Gasteiger charge is -1.97. The second-order valence-corrected chi connectivity index (χ2v) is 2.21. The Morgan fingerprint density at radius 3 is 1.89 bits per heavy atom. The third kappa shape index (κ3) is 2.42. The average Bonchev–Trinajstić information content (AvgIpc) is 1.84. The molecule has 0 rings (SSSR count). The van der Waals surface area contributed by atoms with E-state index in [0.717, 1.165) is 5.57 Å². The number of aliphatic hydroxyl groups is 1. The lowest BCUT2D eigenvalue weighted by molar-refractivity contribution is -0.118. The quantitative estimate of drug-likeness (QED) is 0.561. The zero-order chi connectivity index (χ0) is 7.44. The number of rotatable bonds is 2. The van der Waals surface area contributed by atoms with E-state index in [2.05, 4.69) is 0 Å².